The van der Waals surface area contributed by atoms with Gasteiger partial charge in [-0.15, -0.1) is 0 Å². The summed E-state index contributed by atoms with van der Waals surface area (Å²) < 4.78 is 5.05. The highest BCUT2D eigenvalue weighted by Gasteiger charge is 2.38. The first-order chi connectivity index (χ1) is 8.24. The smallest absolute Gasteiger partial charge is 0.319 e. The minimum absolute atomic E-state index is 0.274. The topological polar surface area (TPSA) is 47.9 Å². The Labute approximate surface area is 100 Å². The van der Waals surface area contributed by atoms with Crippen LogP contribution in [0.15, 0.2) is 35.5 Å². The van der Waals surface area contributed by atoms with Gasteiger partial charge in [-0.1, -0.05) is 35.5 Å². The summed E-state index contributed by atoms with van der Waals surface area (Å²) >= 11 is 0. The Bertz CT molecular complexity index is 428. The summed E-state index contributed by atoms with van der Waals surface area (Å²) in [4.78, 5) is 17.0. The molecular formula is C13H15NO3. The van der Waals surface area contributed by atoms with Gasteiger partial charge in [0.2, 0.25) is 0 Å². The Morgan fingerprint density at radius 3 is 2.76 bits per heavy atom. The fraction of sp³-hybridized carbons (Fsp3) is 0.385. The van der Waals surface area contributed by atoms with Crippen molar-refractivity contribution in [3.05, 3.63) is 35.9 Å². The van der Waals surface area contributed by atoms with E-state index in [0.29, 0.717) is 12.3 Å². The van der Waals surface area contributed by atoms with E-state index >= 15 is 0 Å². The maximum absolute atomic E-state index is 11.9. The predicted molar refractivity (Wildman–Crippen MR) is 63.6 cm³/mol. The summed E-state index contributed by atoms with van der Waals surface area (Å²) in [6.45, 7) is 3.98. The van der Waals surface area contributed by atoms with Crippen LogP contribution >= 0.6 is 0 Å². The van der Waals surface area contributed by atoms with Crippen LogP contribution in [0.1, 0.15) is 19.4 Å². The standard InChI is InChI=1S/C13H15NO3/c1-3-16-13(15)11-9(2)17-14-12(11)10-7-5-4-6-8-10/h4-9,11H,3H2,1-2H3. The van der Waals surface area contributed by atoms with Gasteiger partial charge in [-0.3, -0.25) is 4.79 Å². The molecule has 1 aliphatic heterocycles. The molecule has 1 aromatic carbocycles. The summed E-state index contributed by atoms with van der Waals surface area (Å²) in [5.74, 6) is -0.711. The number of benzene rings is 1. The molecule has 0 aromatic heterocycles. The highest BCUT2D eigenvalue weighted by Crippen LogP contribution is 2.24. The first-order valence-electron chi connectivity index (χ1n) is 5.69. The Morgan fingerprint density at radius 1 is 1.41 bits per heavy atom. The number of hydrogen-bond donors (Lipinski definition) is 0. The lowest BCUT2D eigenvalue weighted by atomic mass is 9.93. The van der Waals surface area contributed by atoms with Crippen LogP contribution in [0.5, 0.6) is 0 Å². The Hall–Kier alpha value is -1.84. The van der Waals surface area contributed by atoms with Crippen molar-refractivity contribution in [2.24, 2.45) is 11.1 Å². The largest absolute Gasteiger partial charge is 0.465 e. The maximum Gasteiger partial charge on any atom is 0.319 e. The van der Waals surface area contributed by atoms with Gasteiger partial charge in [0.15, 0.2) is 0 Å². The van der Waals surface area contributed by atoms with Gasteiger partial charge in [0, 0.05) is 5.56 Å². The van der Waals surface area contributed by atoms with E-state index in [2.05, 4.69) is 5.16 Å². The lowest BCUT2D eigenvalue weighted by molar-refractivity contribution is -0.148. The van der Waals surface area contributed by atoms with E-state index in [0.717, 1.165) is 5.56 Å². The van der Waals surface area contributed by atoms with Gasteiger partial charge >= 0.3 is 5.97 Å². The minimum atomic E-state index is -0.433. The molecule has 1 aliphatic rings. The number of hydrogen-bond acceptors (Lipinski definition) is 4. The Kier molecular flexibility index (Phi) is 3.42. The van der Waals surface area contributed by atoms with Crippen molar-refractivity contribution >= 4 is 11.7 Å². The summed E-state index contributed by atoms with van der Waals surface area (Å²) in [6, 6.07) is 9.55. The Balaban J connectivity index is 2.25. The lowest BCUT2D eigenvalue weighted by Crippen LogP contribution is -2.31. The molecule has 0 spiro atoms. The summed E-state index contributed by atoms with van der Waals surface area (Å²) in [5.41, 5.74) is 1.55. The third-order valence-electron chi connectivity index (χ3n) is 2.69. The van der Waals surface area contributed by atoms with Crippen molar-refractivity contribution in [3.8, 4) is 0 Å². The van der Waals surface area contributed by atoms with Crippen molar-refractivity contribution < 1.29 is 14.4 Å². The molecular weight excluding hydrogens is 218 g/mol. The van der Waals surface area contributed by atoms with Gasteiger partial charge in [-0.2, -0.15) is 0 Å². The van der Waals surface area contributed by atoms with E-state index in [1.165, 1.54) is 0 Å². The van der Waals surface area contributed by atoms with Gasteiger partial charge < -0.3 is 9.57 Å². The number of ether oxygens (including phenoxy) is 1. The first kappa shape index (κ1) is 11.6. The number of carbonyl (C=O) groups is 1. The zero-order chi connectivity index (χ0) is 12.3. The molecule has 0 amide bonds. The average molecular weight is 233 g/mol. The fourth-order valence-electron chi connectivity index (χ4n) is 1.86. The van der Waals surface area contributed by atoms with Crippen molar-refractivity contribution in [3.63, 3.8) is 0 Å². The average Bonchev–Trinajstić information content (AvgIpc) is 2.73. The predicted octanol–water partition coefficient (Wildman–Crippen LogP) is 1.99. The molecule has 0 radical (unpaired) electrons. The van der Waals surface area contributed by atoms with Crippen molar-refractivity contribution in [2.45, 2.75) is 20.0 Å². The minimum Gasteiger partial charge on any atom is -0.465 e. The van der Waals surface area contributed by atoms with E-state index in [9.17, 15) is 4.79 Å². The second kappa shape index (κ2) is 4.99. The third kappa shape index (κ3) is 2.30. The molecule has 0 saturated heterocycles. The number of esters is 1. The second-order valence-corrected chi connectivity index (χ2v) is 3.88. The molecule has 17 heavy (non-hydrogen) atoms. The van der Waals surface area contributed by atoms with Gasteiger partial charge in [0.1, 0.15) is 17.7 Å². The summed E-state index contributed by atoms with van der Waals surface area (Å²) in [6.07, 6.45) is -0.274. The third-order valence-corrected chi connectivity index (χ3v) is 2.69. The van der Waals surface area contributed by atoms with Gasteiger partial charge in [0.25, 0.3) is 0 Å². The first-order valence-corrected chi connectivity index (χ1v) is 5.69. The highest BCUT2D eigenvalue weighted by molar-refractivity contribution is 6.12. The number of nitrogens with zero attached hydrogens (tertiary/aromatic N) is 1. The molecule has 2 rings (SSSR count). The number of rotatable bonds is 3. The van der Waals surface area contributed by atoms with E-state index in [4.69, 9.17) is 9.57 Å². The highest BCUT2D eigenvalue weighted by atomic mass is 16.6. The molecule has 0 N–H and O–H groups in total. The van der Waals surface area contributed by atoms with Crippen LogP contribution in [0, 0.1) is 5.92 Å². The van der Waals surface area contributed by atoms with Crippen molar-refractivity contribution in [1.29, 1.82) is 0 Å². The van der Waals surface area contributed by atoms with Crippen molar-refractivity contribution in [1.82, 2.24) is 0 Å². The van der Waals surface area contributed by atoms with Gasteiger partial charge in [0.05, 0.1) is 6.61 Å². The maximum atomic E-state index is 11.9. The molecule has 4 heteroatoms. The summed E-state index contributed by atoms with van der Waals surface area (Å²) in [5, 5.41) is 3.99. The van der Waals surface area contributed by atoms with Crippen LogP contribution in [-0.4, -0.2) is 24.4 Å². The molecule has 0 bridgehead atoms. The monoisotopic (exact) mass is 233 g/mol. The normalized spacial score (nSPS) is 22.8. The number of oxime groups is 1. The van der Waals surface area contributed by atoms with Crippen LogP contribution < -0.4 is 0 Å². The molecule has 0 aliphatic carbocycles. The molecule has 1 heterocycles. The molecule has 4 nitrogen and oxygen atoms in total. The fourth-order valence-corrected chi connectivity index (χ4v) is 1.86. The zero-order valence-corrected chi connectivity index (χ0v) is 9.92. The SMILES string of the molecule is CCOC(=O)C1C(c2ccccc2)=NOC1C. The van der Waals surface area contributed by atoms with Crippen molar-refractivity contribution in [2.75, 3.05) is 6.61 Å². The van der Waals surface area contributed by atoms with E-state index in [1.807, 2.05) is 37.3 Å². The van der Waals surface area contributed by atoms with Crippen LogP contribution in [0.25, 0.3) is 0 Å². The molecule has 90 valence electrons. The van der Waals surface area contributed by atoms with Crippen LogP contribution in [-0.2, 0) is 14.4 Å². The Morgan fingerprint density at radius 2 is 2.12 bits per heavy atom. The quantitative estimate of drug-likeness (QED) is 0.750. The van der Waals surface area contributed by atoms with Crippen LogP contribution in [0.2, 0.25) is 0 Å². The second-order valence-electron chi connectivity index (χ2n) is 3.88. The molecule has 2 atom stereocenters. The zero-order valence-electron chi connectivity index (χ0n) is 9.92. The van der Waals surface area contributed by atoms with Gasteiger partial charge in [-0.25, -0.2) is 0 Å². The van der Waals surface area contributed by atoms with Gasteiger partial charge in [-0.05, 0) is 13.8 Å². The summed E-state index contributed by atoms with van der Waals surface area (Å²) in [7, 11) is 0. The van der Waals surface area contributed by atoms with Crippen LogP contribution in [0.4, 0.5) is 0 Å². The molecule has 1 aromatic rings. The van der Waals surface area contributed by atoms with E-state index in [-0.39, 0.29) is 12.1 Å². The van der Waals surface area contributed by atoms with E-state index in [1.54, 1.807) is 6.92 Å². The van der Waals surface area contributed by atoms with Crippen LogP contribution in [0.3, 0.4) is 0 Å². The molecule has 2 unspecified atom stereocenters. The molecule has 0 fully saturated rings. The van der Waals surface area contributed by atoms with E-state index < -0.39 is 5.92 Å². The molecule has 0 saturated carbocycles. The lowest BCUT2D eigenvalue weighted by Gasteiger charge is -2.13. The number of carbonyl (C=O) groups excluding carboxylic acids is 1.